The molecule has 0 saturated carbocycles. The Labute approximate surface area is 113 Å². The third-order valence-corrected chi connectivity index (χ3v) is 3.38. The summed E-state index contributed by atoms with van der Waals surface area (Å²) in [5.74, 6) is -0.0776. The molecule has 1 aliphatic rings. The fourth-order valence-corrected chi connectivity index (χ4v) is 2.21. The van der Waals surface area contributed by atoms with Gasteiger partial charge in [-0.15, -0.1) is 0 Å². The van der Waals surface area contributed by atoms with Crippen LogP contribution in [0.5, 0.6) is 0 Å². The fourth-order valence-electron chi connectivity index (χ4n) is 2.21. The van der Waals surface area contributed by atoms with E-state index in [4.69, 9.17) is 0 Å². The lowest BCUT2D eigenvalue weighted by Crippen LogP contribution is -2.39. The third-order valence-electron chi connectivity index (χ3n) is 3.38. The smallest absolute Gasteiger partial charge is 0.241 e. The molecule has 2 rings (SSSR count). The largest absolute Gasteiger partial charge is 0.347 e. The van der Waals surface area contributed by atoms with Crippen molar-refractivity contribution in [2.45, 2.75) is 26.2 Å². The van der Waals surface area contributed by atoms with Crippen molar-refractivity contribution in [2.24, 2.45) is 0 Å². The second-order valence-electron chi connectivity index (χ2n) is 5.03. The average molecular weight is 260 g/mol. The molecule has 0 unspecified atom stereocenters. The minimum absolute atomic E-state index is 0.0229. The molecule has 0 aromatic heterocycles. The lowest BCUT2D eigenvalue weighted by Gasteiger charge is -2.15. The first kappa shape index (κ1) is 13.6. The van der Waals surface area contributed by atoms with Gasteiger partial charge in [0.25, 0.3) is 0 Å². The van der Waals surface area contributed by atoms with Crippen molar-refractivity contribution in [3.05, 3.63) is 35.4 Å². The standard InChI is InChI=1S/C15H20N2O2/c1-12-4-6-13(7-5-12)10-14(18)16-11-15(19)17-8-2-3-9-17/h4-7H,2-3,8-11H2,1H3,(H,16,18). The molecule has 0 bridgehead atoms. The lowest BCUT2D eigenvalue weighted by atomic mass is 10.1. The first-order valence-electron chi connectivity index (χ1n) is 6.75. The van der Waals surface area contributed by atoms with Gasteiger partial charge in [0.15, 0.2) is 0 Å². The number of rotatable bonds is 4. The van der Waals surface area contributed by atoms with Gasteiger partial charge in [-0.25, -0.2) is 0 Å². The molecule has 0 spiro atoms. The quantitative estimate of drug-likeness (QED) is 0.886. The summed E-state index contributed by atoms with van der Waals surface area (Å²) >= 11 is 0. The number of likely N-dealkylation sites (tertiary alicyclic amines) is 1. The number of carbonyl (C=O) groups excluding carboxylic acids is 2. The molecule has 1 fully saturated rings. The van der Waals surface area contributed by atoms with Crippen LogP contribution in [0.15, 0.2) is 24.3 Å². The molecule has 1 heterocycles. The van der Waals surface area contributed by atoms with Crippen LogP contribution in [0.4, 0.5) is 0 Å². The van der Waals surface area contributed by atoms with Gasteiger partial charge in [0.2, 0.25) is 11.8 Å². The van der Waals surface area contributed by atoms with Gasteiger partial charge in [-0.05, 0) is 25.3 Å². The van der Waals surface area contributed by atoms with Crippen molar-refractivity contribution in [1.82, 2.24) is 10.2 Å². The van der Waals surface area contributed by atoms with Crippen LogP contribution < -0.4 is 5.32 Å². The molecule has 4 nitrogen and oxygen atoms in total. The molecule has 4 heteroatoms. The van der Waals surface area contributed by atoms with E-state index in [1.54, 1.807) is 0 Å². The minimum atomic E-state index is -0.101. The molecule has 2 amide bonds. The number of nitrogens with zero attached hydrogens (tertiary/aromatic N) is 1. The summed E-state index contributed by atoms with van der Waals surface area (Å²) in [6.45, 7) is 3.78. The third kappa shape index (κ3) is 4.09. The molecule has 102 valence electrons. The predicted molar refractivity (Wildman–Crippen MR) is 73.7 cm³/mol. The summed E-state index contributed by atoms with van der Waals surface area (Å²) in [5, 5.41) is 2.69. The Hall–Kier alpha value is -1.84. The van der Waals surface area contributed by atoms with E-state index in [-0.39, 0.29) is 18.4 Å². The van der Waals surface area contributed by atoms with Gasteiger partial charge in [-0.3, -0.25) is 9.59 Å². The van der Waals surface area contributed by atoms with E-state index < -0.39 is 0 Å². The van der Waals surface area contributed by atoms with E-state index in [1.165, 1.54) is 5.56 Å². The molecule has 1 aliphatic heterocycles. The van der Waals surface area contributed by atoms with Gasteiger partial charge in [0.1, 0.15) is 0 Å². The lowest BCUT2D eigenvalue weighted by molar-refractivity contribution is -0.131. The van der Waals surface area contributed by atoms with E-state index >= 15 is 0 Å². The van der Waals surface area contributed by atoms with Gasteiger partial charge in [0, 0.05) is 13.1 Å². The number of nitrogens with one attached hydrogen (secondary N) is 1. The maximum Gasteiger partial charge on any atom is 0.241 e. The Morgan fingerprint density at radius 2 is 1.79 bits per heavy atom. The Morgan fingerprint density at radius 3 is 2.42 bits per heavy atom. The normalized spacial score (nSPS) is 14.5. The molecule has 1 aromatic carbocycles. The molecule has 19 heavy (non-hydrogen) atoms. The molecule has 1 saturated heterocycles. The Balaban J connectivity index is 1.75. The SMILES string of the molecule is Cc1ccc(CC(=O)NCC(=O)N2CCCC2)cc1. The first-order chi connectivity index (χ1) is 9.15. The summed E-state index contributed by atoms with van der Waals surface area (Å²) < 4.78 is 0. The highest BCUT2D eigenvalue weighted by Gasteiger charge is 2.17. The summed E-state index contributed by atoms with van der Waals surface area (Å²) in [5.41, 5.74) is 2.14. The van der Waals surface area contributed by atoms with Crippen molar-refractivity contribution in [3.8, 4) is 0 Å². The zero-order valence-corrected chi connectivity index (χ0v) is 11.3. The van der Waals surface area contributed by atoms with Crippen LogP contribution in [0.3, 0.4) is 0 Å². The molecule has 1 aromatic rings. The van der Waals surface area contributed by atoms with Crippen molar-refractivity contribution < 1.29 is 9.59 Å². The van der Waals surface area contributed by atoms with Gasteiger partial charge in [-0.2, -0.15) is 0 Å². The number of amides is 2. The zero-order chi connectivity index (χ0) is 13.7. The monoisotopic (exact) mass is 260 g/mol. The minimum Gasteiger partial charge on any atom is -0.347 e. The summed E-state index contributed by atoms with van der Waals surface area (Å²) in [6, 6.07) is 7.85. The summed E-state index contributed by atoms with van der Waals surface area (Å²) in [4.78, 5) is 25.3. The number of aryl methyl sites for hydroxylation is 1. The van der Waals surface area contributed by atoms with Crippen molar-refractivity contribution in [2.75, 3.05) is 19.6 Å². The van der Waals surface area contributed by atoms with Gasteiger partial charge < -0.3 is 10.2 Å². The van der Waals surface area contributed by atoms with E-state index in [2.05, 4.69) is 5.32 Å². The maximum atomic E-state index is 11.8. The second-order valence-corrected chi connectivity index (χ2v) is 5.03. The average Bonchev–Trinajstić information content (AvgIpc) is 2.93. The second kappa shape index (κ2) is 6.36. The fraction of sp³-hybridized carbons (Fsp3) is 0.467. The molecular formula is C15H20N2O2. The highest BCUT2D eigenvalue weighted by atomic mass is 16.2. The van der Waals surface area contributed by atoms with Gasteiger partial charge >= 0.3 is 0 Å². The number of carbonyl (C=O) groups is 2. The van der Waals surface area contributed by atoms with E-state index in [1.807, 2.05) is 36.1 Å². The van der Waals surface area contributed by atoms with E-state index in [0.717, 1.165) is 31.5 Å². The van der Waals surface area contributed by atoms with Crippen LogP contribution in [0.1, 0.15) is 24.0 Å². The first-order valence-corrected chi connectivity index (χ1v) is 6.75. The number of hydrogen-bond acceptors (Lipinski definition) is 2. The molecule has 1 N–H and O–H groups in total. The predicted octanol–water partition coefficient (Wildman–Crippen LogP) is 1.28. The van der Waals surface area contributed by atoms with E-state index in [9.17, 15) is 9.59 Å². The molecule has 0 aliphatic carbocycles. The Bertz CT molecular complexity index is 448. The van der Waals surface area contributed by atoms with Crippen LogP contribution in [-0.2, 0) is 16.0 Å². The Kier molecular flexibility index (Phi) is 4.55. The van der Waals surface area contributed by atoms with Crippen molar-refractivity contribution in [3.63, 3.8) is 0 Å². The Morgan fingerprint density at radius 1 is 1.16 bits per heavy atom. The number of hydrogen-bond donors (Lipinski definition) is 1. The van der Waals surface area contributed by atoms with Crippen LogP contribution in [-0.4, -0.2) is 36.3 Å². The highest BCUT2D eigenvalue weighted by Crippen LogP contribution is 2.07. The van der Waals surface area contributed by atoms with Gasteiger partial charge in [0.05, 0.1) is 13.0 Å². The maximum absolute atomic E-state index is 11.8. The van der Waals surface area contributed by atoms with Crippen molar-refractivity contribution in [1.29, 1.82) is 0 Å². The molecular weight excluding hydrogens is 240 g/mol. The van der Waals surface area contributed by atoms with Crippen LogP contribution >= 0.6 is 0 Å². The summed E-state index contributed by atoms with van der Waals surface area (Å²) in [6.07, 6.45) is 2.47. The summed E-state index contributed by atoms with van der Waals surface area (Å²) in [7, 11) is 0. The van der Waals surface area contributed by atoms with E-state index in [0.29, 0.717) is 6.42 Å². The topological polar surface area (TPSA) is 49.4 Å². The molecule has 0 atom stereocenters. The molecule has 0 radical (unpaired) electrons. The highest BCUT2D eigenvalue weighted by molar-refractivity contribution is 5.85. The van der Waals surface area contributed by atoms with Crippen molar-refractivity contribution >= 4 is 11.8 Å². The number of benzene rings is 1. The van der Waals surface area contributed by atoms with Crippen LogP contribution in [0.25, 0.3) is 0 Å². The van der Waals surface area contributed by atoms with Crippen LogP contribution in [0, 0.1) is 6.92 Å². The van der Waals surface area contributed by atoms with Crippen LogP contribution in [0.2, 0.25) is 0 Å². The van der Waals surface area contributed by atoms with Gasteiger partial charge in [-0.1, -0.05) is 29.8 Å². The zero-order valence-electron chi connectivity index (χ0n) is 11.3.